The summed E-state index contributed by atoms with van der Waals surface area (Å²) in [5.41, 5.74) is 6.92. The molecule has 1 unspecified atom stereocenters. The van der Waals surface area contributed by atoms with Gasteiger partial charge >= 0.3 is 0 Å². The second-order valence-corrected chi connectivity index (χ2v) is 5.16. The first-order chi connectivity index (χ1) is 9.47. The lowest BCUT2D eigenvalue weighted by molar-refractivity contribution is 0.239. The average Bonchev–Trinajstić information content (AvgIpc) is 2.38. The van der Waals surface area contributed by atoms with E-state index >= 15 is 0 Å². The standard InChI is InChI=1S/C15H26N2O3/c1-11(16)8-12-9-13(18-4)15(14(10-12)19-5)20-7-6-17(2)3/h9-11H,6-8,16H2,1-5H3. The summed E-state index contributed by atoms with van der Waals surface area (Å²) in [6.45, 7) is 3.38. The third-order valence-corrected chi connectivity index (χ3v) is 2.86. The van der Waals surface area contributed by atoms with Crippen molar-refractivity contribution in [3.05, 3.63) is 17.7 Å². The summed E-state index contributed by atoms with van der Waals surface area (Å²) < 4.78 is 16.6. The number of rotatable bonds is 8. The van der Waals surface area contributed by atoms with Gasteiger partial charge in [0.25, 0.3) is 0 Å². The van der Waals surface area contributed by atoms with E-state index in [1.54, 1.807) is 14.2 Å². The fraction of sp³-hybridized carbons (Fsp3) is 0.600. The molecule has 114 valence electrons. The Morgan fingerprint density at radius 2 is 1.70 bits per heavy atom. The predicted octanol–water partition coefficient (Wildman–Crippen LogP) is 1.53. The van der Waals surface area contributed by atoms with Crippen LogP contribution in [0, 0.1) is 0 Å². The summed E-state index contributed by atoms with van der Waals surface area (Å²) >= 11 is 0. The molecule has 0 heterocycles. The highest BCUT2D eigenvalue weighted by Crippen LogP contribution is 2.38. The van der Waals surface area contributed by atoms with E-state index in [0.29, 0.717) is 23.9 Å². The molecule has 20 heavy (non-hydrogen) atoms. The van der Waals surface area contributed by atoms with Gasteiger partial charge in [0.15, 0.2) is 11.5 Å². The summed E-state index contributed by atoms with van der Waals surface area (Å²) in [6.07, 6.45) is 0.769. The van der Waals surface area contributed by atoms with Crippen LogP contribution < -0.4 is 19.9 Å². The molecular formula is C15H26N2O3. The highest BCUT2D eigenvalue weighted by Gasteiger charge is 2.15. The Hall–Kier alpha value is -1.46. The monoisotopic (exact) mass is 282 g/mol. The molecule has 0 aliphatic carbocycles. The number of hydrogen-bond acceptors (Lipinski definition) is 5. The summed E-state index contributed by atoms with van der Waals surface area (Å²) in [6, 6.07) is 4.00. The van der Waals surface area contributed by atoms with Crippen LogP contribution in [0.5, 0.6) is 17.2 Å². The van der Waals surface area contributed by atoms with Crippen LogP contribution in [0.3, 0.4) is 0 Å². The first kappa shape index (κ1) is 16.6. The van der Waals surface area contributed by atoms with E-state index in [-0.39, 0.29) is 6.04 Å². The Balaban J connectivity index is 2.96. The molecule has 0 aliphatic heterocycles. The molecule has 0 spiro atoms. The van der Waals surface area contributed by atoms with Gasteiger partial charge in [0.1, 0.15) is 6.61 Å². The first-order valence-corrected chi connectivity index (χ1v) is 6.76. The average molecular weight is 282 g/mol. The maximum absolute atomic E-state index is 5.84. The Kier molecular flexibility index (Phi) is 6.61. The van der Waals surface area contributed by atoms with Crippen LogP contribution in [-0.4, -0.2) is 52.4 Å². The normalized spacial score (nSPS) is 12.3. The van der Waals surface area contributed by atoms with Crippen molar-refractivity contribution in [1.29, 1.82) is 0 Å². The van der Waals surface area contributed by atoms with E-state index in [1.165, 1.54) is 0 Å². The third-order valence-electron chi connectivity index (χ3n) is 2.86. The van der Waals surface area contributed by atoms with Crippen molar-refractivity contribution in [2.24, 2.45) is 5.73 Å². The highest BCUT2D eigenvalue weighted by atomic mass is 16.5. The SMILES string of the molecule is COc1cc(CC(C)N)cc(OC)c1OCCN(C)C. The van der Waals surface area contributed by atoms with Gasteiger partial charge < -0.3 is 24.8 Å². The maximum Gasteiger partial charge on any atom is 0.203 e. The number of nitrogens with two attached hydrogens (primary N) is 1. The minimum atomic E-state index is 0.0879. The Morgan fingerprint density at radius 1 is 1.15 bits per heavy atom. The number of ether oxygens (including phenoxy) is 3. The van der Waals surface area contributed by atoms with E-state index in [9.17, 15) is 0 Å². The molecule has 0 aliphatic rings. The van der Waals surface area contributed by atoms with Gasteiger partial charge in [-0.1, -0.05) is 0 Å². The molecule has 0 aromatic heterocycles. The van der Waals surface area contributed by atoms with Gasteiger partial charge in [-0.25, -0.2) is 0 Å². The third kappa shape index (κ3) is 4.90. The van der Waals surface area contributed by atoms with Gasteiger partial charge in [0, 0.05) is 12.6 Å². The number of likely N-dealkylation sites (N-methyl/N-ethyl adjacent to an activating group) is 1. The molecule has 0 fully saturated rings. The van der Waals surface area contributed by atoms with E-state index in [0.717, 1.165) is 18.5 Å². The Bertz CT molecular complexity index is 395. The lowest BCUT2D eigenvalue weighted by atomic mass is 10.1. The lowest BCUT2D eigenvalue weighted by Gasteiger charge is -2.18. The number of hydrogen-bond donors (Lipinski definition) is 1. The second-order valence-electron chi connectivity index (χ2n) is 5.16. The molecule has 5 heteroatoms. The van der Waals surface area contributed by atoms with Gasteiger partial charge in [0.05, 0.1) is 14.2 Å². The summed E-state index contributed by atoms with van der Waals surface area (Å²) in [5.74, 6) is 2.00. The number of methoxy groups -OCH3 is 2. The molecular weight excluding hydrogens is 256 g/mol. The summed E-state index contributed by atoms with van der Waals surface area (Å²) in [4.78, 5) is 2.06. The second kappa shape index (κ2) is 7.97. The quantitative estimate of drug-likeness (QED) is 0.783. The molecule has 2 N–H and O–H groups in total. The zero-order chi connectivity index (χ0) is 15.1. The van der Waals surface area contributed by atoms with Gasteiger partial charge in [-0.2, -0.15) is 0 Å². The fourth-order valence-electron chi connectivity index (χ4n) is 1.90. The molecule has 5 nitrogen and oxygen atoms in total. The molecule has 1 atom stereocenters. The molecule has 0 saturated carbocycles. The lowest BCUT2D eigenvalue weighted by Crippen LogP contribution is -2.20. The summed E-state index contributed by atoms with van der Waals surface area (Å²) in [7, 11) is 7.26. The number of nitrogens with zero attached hydrogens (tertiary/aromatic N) is 1. The largest absolute Gasteiger partial charge is 0.493 e. The van der Waals surface area contributed by atoms with Gasteiger partial charge in [-0.15, -0.1) is 0 Å². The Morgan fingerprint density at radius 3 is 2.10 bits per heavy atom. The van der Waals surface area contributed by atoms with Crippen LogP contribution in [0.2, 0.25) is 0 Å². The van der Waals surface area contributed by atoms with Crippen LogP contribution in [0.25, 0.3) is 0 Å². The van der Waals surface area contributed by atoms with Crippen LogP contribution in [0.1, 0.15) is 12.5 Å². The fourth-order valence-corrected chi connectivity index (χ4v) is 1.90. The smallest absolute Gasteiger partial charge is 0.203 e. The van der Waals surface area contributed by atoms with Crippen LogP contribution in [-0.2, 0) is 6.42 Å². The molecule has 0 amide bonds. The molecule has 1 aromatic rings. The van der Waals surface area contributed by atoms with Crippen molar-refractivity contribution >= 4 is 0 Å². The molecule has 1 rings (SSSR count). The van der Waals surface area contributed by atoms with Crippen molar-refractivity contribution in [2.45, 2.75) is 19.4 Å². The minimum Gasteiger partial charge on any atom is -0.493 e. The Labute approximate surface area is 121 Å². The van der Waals surface area contributed by atoms with Crippen molar-refractivity contribution < 1.29 is 14.2 Å². The van der Waals surface area contributed by atoms with Gasteiger partial charge in [-0.3, -0.25) is 0 Å². The van der Waals surface area contributed by atoms with E-state index in [1.807, 2.05) is 33.2 Å². The van der Waals surface area contributed by atoms with Crippen molar-refractivity contribution in [1.82, 2.24) is 4.90 Å². The van der Waals surface area contributed by atoms with Crippen molar-refractivity contribution in [2.75, 3.05) is 41.5 Å². The van der Waals surface area contributed by atoms with Crippen molar-refractivity contribution in [3.63, 3.8) is 0 Å². The van der Waals surface area contributed by atoms with E-state index in [4.69, 9.17) is 19.9 Å². The molecule has 0 bridgehead atoms. The molecule has 1 aromatic carbocycles. The molecule has 0 saturated heterocycles. The minimum absolute atomic E-state index is 0.0879. The van der Waals surface area contributed by atoms with E-state index in [2.05, 4.69) is 4.90 Å². The highest BCUT2D eigenvalue weighted by molar-refractivity contribution is 5.54. The first-order valence-electron chi connectivity index (χ1n) is 6.76. The maximum atomic E-state index is 5.84. The predicted molar refractivity (Wildman–Crippen MR) is 80.9 cm³/mol. The van der Waals surface area contributed by atoms with Crippen LogP contribution in [0.15, 0.2) is 12.1 Å². The number of benzene rings is 1. The molecule has 0 radical (unpaired) electrons. The van der Waals surface area contributed by atoms with Crippen molar-refractivity contribution in [3.8, 4) is 17.2 Å². The van der Waals surface area contributed by atoms with Crippen LogP contribution in [0.4, 0.5) is 0 Å². The topological polar surface area (TPSA) is 57.0 Å². The zero-order valence-electron chi connectivity index (χ0n) is 13.1. The van der Waals surface area contributed by atoms with Gasteiger partial charge in [0.2, 0.25) is 5.75 Å². The van der Waals surface area contributed by atoms with E-state index < -0.39 is 0 Å². The van der Waals surface area contributed by atoms with Gasteiger partial charge in [-0.05, 0) is 45.1 Å². The zero-order valence-corrected chi connectivity index (χ0v) is 13.1. The van der Waals surface area contributed by atoms with Crippen LogP contribution >= 0.6 is 0 Å². The summed E-state index contributed by atoms with van der Waals surface area (Å²) in [5, 5.41) is 0.